The fourth-order valence-electron chi connectivity index (χ4n) is 5.21. The molecule has 0 N–H and O–H groups in total. The molecule has 0 unspecified atom stereocenters. The molecule has 0 bridgehead atoms. The number of ether oxygens (including phenoxy) is 2. The van der Waals surface area contributed by atoms with Gasteiger partial charge in [-0.15, -0.1) is 0 Å². The quantitative estimate of drug-likeness (QED) is 0.252. The molecule has 4 heteroatoms. The van der Waals surface area contributed by atoms with Gasteiger partial charge in [0.05, 0.1) is 25.3 Å². The van der Waals surface area contributed by atoms with Crippen LogP contribution in [0.2, 0.25) is 0 Å². The van der Waals surface area contributed by atoms with E-state index in [0.29, 0.717) is 11.1 Å². The Kier molecular flexibility index (Phi) is 5.15. The first kappa shape index (κ1) is 21.8. The molecule has 5 aromatic rings. The summed E-state index contributed by atoms with van der Waals surface area (Å²) in [6.07, 6.45) is 0. The van der Waals surface area contributed by atoms with Crippen molar-refractivity contribution in [2.24, 2.45) is 0 Å². The summed E-state index contributed by atoms with van der Waals surface area (Å²) < 4.78 is 9.73. The molecule has 0 heterocycles. The summed E-state index contributed by atoms with van der Waals surface area (Å²) >= 11 is 0. The van der Waals surface area contributed by atoms with Crippen molar-refractivity contribution in [3.63, 3.8) is 0 Å². The smallest absolute Gasteiger partial charge is 0.337 e. The minimum Gasteiger partial charge on any atom is -0.465 e. The van der Waals surface area contributed by atoms with Crippen molar-refractivity contribution >= 4 is 22.7 Å². The van der Waals surface area contributed by atoms with Crippen molar-refractivity contribution in [2.45, 2.75) is 0 Å². The van der Waals surface area contributed by atoms with Crippen LogP contribution in [0.25, 0.3) is 55.3 Å². The Labute approximate surface area is 208 Å². The van der Waals surface area contributed by atoms with Crippen LogP contribution in [0.4, 0.5) is 0 Å². The van der Waals surface area contributed by atoms with Gasteiger partial charge >= 0.3 is 11.9 Å². The first-order valence-electron chi connectivity index (χ1n) is 11.7. The molecule has 0 atom stereocenters. The summed E-state index contributed by atoms with van der Waals surface area (Å²) in [6.45, 7) is 0. The van der Waals surface area contributed by atoms with Gasteiger partial charge in [0.15, 0.2) is 0 Å². The van der Waals surface area contributed by atoms with Gasteiger partial charge in [-0.1, -0.05) is 72.8 Å². The highest BCUT2D eigenvalue weighted by Crippen LogP contribution is 2.54. The highest BCUT2D eigenvalue weighted by atomic mass is 16.5. The van der Waals surface area contributed by atoms with Gasteiger partial charge in [0.2, 0.25) is 0 Å². The van der Waals surface area contributed by atoms with E-state index in [2.05, 4.69) is 48.5 Å². The molecule has 1 aliphatic carbocycles. The first-order valence-corrected chi connectivity index (χ1v) is 11.7. The Morgan fingerprint density at radius 1 is 0.500 bits per heavy atom. The van der Waals surface area contributed by atoms with Crippen LogP contribution in [0.15, 0.2) is 97.1 Å². The third-order valence-corrected chi connectivity index (χ3v) is 6.88. The third kappa shape index (κ3) is 3.30. The van der Waals surface area contributed by atoms with E-state index in [0.717, 1.165) is 22.3 Å². The summed E-state index contributed by atoms with van der Waals surface area (Å²) in [4.78, 5) is 23.9. The van der Waals surface area contributed by atoms with E-state index < -0.39 is 0 Å². The number of fused-ring (bicyclic) bond motifs is 3. The molecule has 0 saturated heterocycles. The monoisotopic (exact) mass is 470 g/mol. The van der Waals surface area contributed by atoms with Crippen LogP contribution in [0.1, 0.15) is 20.7 Å². The highest BCUT2D eigenvalue weighted by Gasteiger charge is 2.27. The fraction of sp³-hybridized carbons (Fsp3) is 0.0625. The van der Waals surface area contributed by atoms with Crippen LogP contribution in [0, 0.1) is 0 Å². The fourth-order valence-corrected chi connectivity index (χ4v) is 5.21. The number of methoxy groups -OCH3 is 2. The molecule has 174 valence electrons. The average Bonchev–Trinajstić information content (AvgIpc) is 3.28. The van der Waals surface area contributed by atoms with Gasteiger partial charge in [-0.2, -0.15) is 0 Å². The SMILES string of the molecule is COC(=O)c1ccc(-c2ccc(-c3ccc(C(=O)OC)cc3)c3c2-c2cccc4cccc-3c24)cc1. The summed E-state index contributed by atoms with van der Waals surface area (Å²) in [5.74, 6) is -0.704. The molecule has 0 aromatic heterocycles. The summed E-state index contributed by atoms with van der Waals surface area (Å²) in [7, 11) is 2.77. The summed E-state index contributed by atoms with van der Waals surface area (Å²) in [5, 5.41) is 2.43. The molecule has 5 aromatic carbocycles. The van der Waals surface area contributed by atoms with Crippen molar-refractivity contribution in [1.82, 2.24) is 0 Å². The van der Waals surface area contributed by atoms with Crippen LogP contribution in [0.5, 0.6) is 0 Å². The van der Waals surface area contributed by atoms with Crippen LogP contribution in [0.3, 0.4) is 0 Å². The molecular formula is C32H22O4. The number of rotatable bonds is 4. The third-order valence-electron chi connectivity index (χ3n) is 6.88. The van der Waals surface area contributed by atoms with E-state index in [9.17, 15) is 9.59 Å². The lowest BCUT2D eigenvalue weighted by molar-refractivity contribution is 0.0592. The normalized spacial score (nSPS) is 11.3. The lowest BCUT2D eigenvalue weighted by atomic mass is 9.87. The number of esters is 2. The Hall–Kier alpha value is -4.70. The largest absolute Gasteiger partial charge is 0.465 e. The molecule has 0 saturated carbocycles. The molecule has 4 nitrogen and oxygen atoms in total. The maximum atomic E-state index is 12.0. The number of benzene rings is 5. The number of hydrogen-bond donors (Lipinski definition) is 0. The molecule has 0 aliphatic heterocycles. The van der Waals surface area contributed by atoms with Gasteiger partial charge in [-0.3, -0.25) is 0 Å². The Morgan fingerprint density at radius 3 is 1.31 bits per heavy atom. The van der Waals surface area contributed by atoms with Crippen LogP contribution >= 0.6 is 0 Å². The summed E-state index contributed by atoms with van der Waals surface area (Å²) in [6, 6.07) is 32.2. The predicted molar refractivity (Wildman–Crippen MR) is 142 cm³/mol. The minimum absolute atomic E-state index is 0.352. The second-order valence-electron chi connectivity index (χ2n) is 8.76. The molecule has 36 heavy (non-hydrogen) atoms. The molecule has 0 fully saturated rings. The molecular weight excluding hydrogens is 448 g/mol. The van der Waals surface area contributed by atoms with E-state index in [-0.39, 0.29) is 11.9 Å². The Morgan fingerprint density at radius 2 is 0.917 bits per heavy atom. The van der Waals surface area contributed by atoms with E-state index in [1.807, 2.05) is 24.3 Å². The minimum atomic E-state index is -0.352. The highest BCUT2D eigenvalue weighted by molar-refractivity contribution is 6.21. The molecule has 1 aliphatic rings. The zero-order valence-corrected chi connectivity index (χ0v) is 19.9. The second kappa shape index (κ2) is 8.51. The van der Waals surface area contributed by atoms with Gasteiger partial charge in [0.25, 0.3) is 0 Å². The van der Waals surface area contributed by atoms with Crippen molar-refractivity contribution in [3.8, 4) is 44.5 Å². The van der Waals surface area contributed by atoms with E-state index in [1.165, 1.54) is 47.2 Å². The first-order chi connectivity index (χ1) is 17.6. The maximum absolute atomic E-state index is 12.0. The summed E-state index contributed by atoms with van der Waals surface area (Å²) in [5.41, 5.74) is 10.0. The zero-order chi connectivity index (χ0) is 24.8. The van der Waals surface area contributed by atoms with Crippen molar-refractivity contribution in [2.75, 3.05) is 14.2 Å². The molecule has 0 spiro atoms. The van der Waals surface area contributed by atoms with Crippen molar-refractivity contribution in [3.05, 3.63) is 108 Å². The lowest BCUT2D eigenvalue weighted by Crippen LogP contribution is -2.00. The Bertz CT molecular complexity index is 1540. The average molecular weight is 471 g/mol. The van der Waals surface area contributed by atoms with Gasteiger partial charge in [-0.05, 0) is 79.5 Å². The van der Waals surface area contributed by atoms with Crippen molar-refractivity contribution in [1.29, 1.82) is 0 Å². The molecule has 6 rings (SSSR count). The van der Waals surface area contributed by atoms with Crippen LogP contribution in [-0.2, 0) is 9.47 Å². The Balaban J connectivity index is 1.59. The maximum Gasteiger partial charge on any atom is 0.337 e. The van der Waals surface area contributed by atoms with Gasteiger partial charge < -0.3 is 9.47 Å². The van der Waals surface area contributed by atoms with Crippen LogP contribution in [-0.4, -0.2) is 26.2 Å². The topological polar surface area (TPSA) is 52.6 Å². The van der Waals surface area contributed by atoms with E-state index >= 15 is 0 Å². The molecule has 0 radical (unpaired) electrons. The number of carbonyl (C=O) groups is 2. The van der Waals surface area contributed by atoms with Gasteiger partial charge in [0.1, 0.15) is 0 Å². The van der Waals surface area contributed by atoms with Crippen LogP contribution < -0.4 is 0 Å². The number of hydrogen-bond acceptors (Lipinski definition) is 4. The van der Waals surface area contributed by atoms with Gasteiger partial charge in [-0.25, -0.2) is 9.59 Å². The van der Waals surface area contributed by atoms with Gasteiger partial charge in [0, 0.05) is 0 Å². The second-order valence-corrected chi connectivity index (χ2v) is 8.76. The standard InChI is InChI=1S/C32H22O4/c1-35-31(33)22-13-9-19(10-14-22)24-17-18-25(20-11-15-23(16-12-20)32(34)36-2)30-27-8-4-6-21-5-3-7-26(28(21)27)29(24)30/h3-18H,1-2H3. The van der Waals surface area contributed by atoms with Crippen molar-refractivity contribution < 1.29 is 19.1 Å². The van der Waals surface area contributed by atoms with E-state index in [4.69, 9.17) is 9.47 Å². The molecule has 0 amide bonds. The van der Waals surface area contributed by atoms with E-state index in [1.54, 1.807) is 24.3 Å². The lowest BCUT2D eigenvalue weighted by Gasteiger charge is -2.16. The number of carbonyl (C=O) groups excluding carboxylic acids is 2. The zero-order valence-electron chi connectivity index (χ0n) is 19.9. The predicted octanol–water partition coefficient (Wildman–Crippen LogP) is 7.39.